The molecule has 108 valence electrons. The summed E-state index contributed by atoms with van der Waals surface area (Å²) in [5.41, 5.74) is 5.96. The fraction of sp³-hybridized carbons (Fsp3) is 0.615. The van der Waals surface area contributed by atoms with Crippen molar-refractivity contribution in [3.05, 3.63) is 27.1 Å². The summed E-state index contributed by atoms with van der Waals surface area (Å²) in [7, 11) is 1.72. The van der Waals surface area contributed by atoms with Crippen molar-refractivity contribution < 1.29 is 4.74 Å². The van der Waals surface area contributed by atoms with E-state index < -0.39 is 0 Å². The molecule has 6 heteroatoms. The number of ether oxygens (including phenoxy) is 1. The lowest BCUT2D eigenvalue weighted by atomic mass is 9.83. The Hall–Kier alpha value is -0.520. The Morgan fingerprint density at radius 3 is 2.63 bits per heavy atom. The molecular weight excluding hydrogens is 332 g/mol. The number of nitrogens with zero attached hydrogens (tertiary/aromatic N) is 1. The van der Waals surface area contributed by atoms with E-state index in [4.69, 9.17) is 10.5 Å². The molecule has 19 heavy (non-hydrogen) atoms. The number of rotatable bonds is 2. The van der Waals surface area contributed by atoms with E-state index in [0.29, 0.717) is 5.75 Å². The first-order valence-electron chi connectivity index (χ1n) is 6.19. The predicted octanol–water partition coefficient (Wildman–Crippen LogP) is 2.61. The Morgan fingerprint density at radius 2 is 2.05 bits per heavy atom. The molecule has 1 aromatic rings. The molecule has 0 aliphatic heterocycles. The first-order chi connectivity index (χ1) is 8.37. The second-order valence-electron chi connectivity index (χ2n) is 5.41. The van der Waals surface area contributed by atoms with E-state index in [1.807, 2.05) is 0 Å². The van der Waals surface area contributed by atoms with Gasteiger partial charge in [-0.05, 0) is 48.5 Å². The van der Waals surface area contributed by atoms with Crippen LogP contribution in [-0.4, -0.2) is 16.2 Å². The van der Waals surface area contributed by atoms with Gasteiger partial charge in [0.1, 0.15) is 5.75 Å². The monoisotopic (exact) mass is 350 g/mol. The van der Waals surface area contributed by atoms with Crippen LogP contribution in [0.5, 0.6) is 5.75 Å². The van der Waals surface area contributed by atoms with Crippen molar-refractivity contribution in [2.75, 3.05) is 0 Å². The molecule has 1 heterocycles. The van der Waals surface area contributed by atoms with Crippen LogP contribution >= 0.6 is 28.3 Å². The van der Waals surface area contributed by atoms with Crippen molar-refractivity contribution in [2.24, 2.45) is 12.8 Å². The van der Waals surface area contributed by atoms with E-state index >= 15 is 0 Å². The van der Waals surface area contributed by atoms with Crippen molar-refractivity contribution in [1.82, 2.24) is 4.57 Å². The van der Waals surface area contributed by atoms with Gasteiger partial charge in [-0.25, -0.2) is 0 Å². The van der Waals surface area contributed by atoms with Crippen LogP contribution in [-0.2, 0) is 7.05 Å². The van der Waals surface area contributed by atoms with Gasteiger partial charge in [-0.3, -0.25) is 4.79 Å². The number of hydrogen-bond donors (Lipinski definition) is 1. The van der Waals surface area contributed by atoms with Gasteiger partial charge >= 0.3 is 0 Å². The number of hydrogen-bond acceptors (Lipinski definition) is 3. The highest BCUT2D eigenvalue weighted by Gasteiger charge is 2.28. The van der Waals surface area contributed by atoms with Crippen LogP contribution in [0.3, 0.4) is 0 Å². The van der Waals surface area contributed by atoms with Crippen molar-refractivity contribution in [3.8, 4) is 5.75 Å². The maximum atomic E-state index is 11.6. The second kappa shape index (κ2) is 6.29. The lowest BCUT2D eigenvalue weighted by Crippen LogP contribution is -2.42. The highest BCUT2D eigenvalue weighted by Crippen LogP contribution is 2.31. The maximum Gasteiger partial charge on any atom is 0.254 e. The Kier molecular flexibility index (Phi) is 5.47. The molecule has 2 rings (SSSR count). The SMILES string of the molecule is Cl.Cn1cc(Br)c(OC2CCC(C)(N)CC2)cc1=O. The summed E-state index contributed by atoms with van der Waals surface area (Å²) in [4.78, 5) is 11.6. The fourth-order valence-corrected chi connectivity index (χ4v) is 2.73. The molecule has 1 fully saturated rings. The molecule has 4 nitrogen and oxygen atoms in total. The van der Waals surface area contributed by atoms with Crippen LogP contribution in [0.1, 0.15) is 32.6 Å². The number of aryl methyl sites for hydroxylation is 1. The molecule has 1 saturated carbocycles. The Morgan fingerprint density at radius 1 is 1.47 bits per heavy atom. The van der Waals surface area contributed by atoms with E-state index in [1.165, 1.54) is 10.6 Å². The van der Waals surface area contributed by atoms with Gasteiger partial charge in [0.15, 0.2) is 0 Å². The summed E-state index contributed by atoms with van der Waals surface area (Å²) in [6.45, 7) is 2.08. The van der Waals surface area contributed by atoms with Crippen molar-refractivity contribution in [2.45, 2.75) is 44.2 Å². The van der Waals surface area contributed by atoms with Gasteiger partial charge in [-0.15, -0.1) is 12.4 Å². The molecule has 1 aromatic heterocycles. The number of nitrogens with two attached hydrogens (primary N) is 1. The van der Waals surface area contributed by atoms with Crippen molar-refractivity contribution >= 4 is 28.3 Å². The summed E-state index contributed by atoms with van der Waals surface area (Å²) in [5, 5.41) is 0. The molecular formula is C13H20BrClN2O2. The van der Waals surface area contributed by atoms with Crippen LogP contribution in [0.4, 0.5) is 0 Å². The summed E-state index contributed by atoms with van der Waals surface area (Å²) >= 11 is 3.42. The summed E-state index contributed by atoms with van der Waals surface area (Å²) in [6, 6.07) is 1.53. The standard InChI is InChI=1S/C13H19BrN2O2.ClH/c1-13(15)5-3-9(4-6-13)18-11-7-12(17)16(2)8-10(11)14;/h7-9H,3-6,15H2,1-2H3;1H. The minimum Gasteiger partial charge on any atom is -0.489 e. The van der Waals surface area contributed by atoms with Crippen LogP contribution in [0.2, 0.25) is 0 Å². The van der Waals surface area contributed by atoms with E-state index in [2.05, 4.69) is 22.9 Å². The molecule has 1 aliphatic carbocycles. The Labute approximate surface area is 127 Å². The third kappa shape index (κ3) is 4.23. The molecule has 0 radical (unpaired) electrons. The molecule has 0 spiro atoms. The van der Waals surface area contributed by atoms with Gasteiger partial charge in [0.25, 0.3) is 5.56 Å². The summed E-state index contributed by atoms with van der Waals surface area (Å²) in [6.07, 6.45) is 5.68. The third-order valence-corrected chi connectivity index (χ3v) is 4.11. The maximum absolute atomic E-state index is 11.6. The first-order valence-corrected chi connectivity index (χ1v) is 6.98. The van der Waals surface area contributed by atoms with E-state index in [-0.39, 0.29) is 29.6 Å². The Bertz CT molecular complexity index is 492. The van der Waals surface area contributed by atoms with Gasteiger partial charge in [0.2, 0.25) is 0 Å². The molecule has 2 N–H and O–H groups in total. The normalized spacial score (nSPS) is 26.6. The van der Waals surface area contributed by atoms with Gasteiger partial charge in [0.05, 0.1) is 10.6 Å². The van der Waals surface area contributed by atoms with Gasteiger partial charge in [-0.2, -0.15) is 0 Å². The highest BCUT2D eigenvalue weighted by atomic mass is 79.9. The third-order valence-electron chi connectivity index (χ3n) is 3.51. The highest BCUT2D eigenvalue weighted by molar-refractivity contribution is 9.10. The quantitative estimate of drug-likeness (QED) is 0.891. The summed E-state index contributed by atoms with van der Waals surface area (Å²) < 4.78 is 8.23. The topological polar surface area (TPSA) is 57.2 Å². The lowest BCUT2D eigenvalue weighted by Gasteiger charge is -2.34. The number of aromatic nitrogens is 1. The molecule has 0 atom stereocenters. The predicted molar refractivity (Wildman–Crippen MR) is 82.1 cm³/mol. The van der Waals surface area contributed by atoms with Gasteiger partial charge in [-0.1, -0.05) is 0 Å². The number of halogens is 2. The largest absolute Gasteiger partial charge is 0.489 e. The number of pyridine rings is 1. The zero-order valence-electron chi connectivity index (χ0n) is 11.2. The molecule has 0 unspecified atom stereocenters. The van der Waals surface area contributed by atoms with Crippen LogP contribution in [0.15, 0.2) is 21.5 Å². The lowest BCUT2D eigenvalue weighted by molar-refractivity contribution is 0.123. The zero-order chi connectivity index (χ0) is 13.3. The van der Waals surface area contributed by atoms with Crippen LogP contribution in [0, 0.1) is 0 Å². The van der Waals surface area contributed by atoms with Crippen LogP contribution < -0.4 is 16.0 Å². The van der Waals surface area contributed by atoms with Crippen molar-refractivity contribution in [3.63, 3.8) is 0 Å². The summed E-state index contributed by atoms with van der Waals surface area (Å²) in [5.74, 6) is 0.628. The minimum absolute atomic E-state index is 0. The van der Waals surface area contributed by atoms with E-state index in [1.54, 1.807) is 13.2 Å². The Balaban J connectivity index is 0.00000180. The second-order valence-corrected chi connectivity index (χ2v) is 6.26. The molecule has 0 saturated heterocycles. The zero-order valence-corrected chi connectivity index (χ0v) is 13.6. The average molecular weight is 352 g/mol. The van der Waals surface area contributed by atoms with Gasteiger partial charge in [0, 0.05) is 24.8 Å². The molecule has 1 aliphatic rings. The van der Waals surface area contributed by atoms with Crippen LogP contribution in [0.25, 0.3) is 0 Å². The molecule has 0 amide bonds. The molecule has 0 bridgehead atoms. The van der Waals surface area contributed by atoms with Crippen molar-refractivity contribution in [1.29, 1.82) is 0 Å². The first kappa shape index (κ1) is 16.5. The van der Waals surface area contributed by atoms with E-state index in [9.17, 15) is 4.79 Å². The minimum atomic E-state index is -0.0656. The van der Waals surface area contributed by atoms with E-state index in [0.717, 1.165) is 30.2 Å². The van der Waals surface area contributed by atoms with Gasteiger partial charge < -0.3 is 15.0 Å². The molecule has 0 aromatic carbocycles. The fourth-order valence-electron chi connectivity index (χ4n) is 2.22. The smallest absolute Gasteiger partial charge is 0.254 e. The average Bonchev–Trinajstić information content (AvgIpc) is 2.28.